The van der Waals surface area contributed by atoms with Crippen molar-refractivity contribution in [1.29, 1.82) is 0 Å². The van der Waals surface area contributed by atoms with Crippen molar-refractivity contribution in [3.63, 3.8) is 0 Å². The molecule has 1 heteroatoms. The van der Waals surface area contributed by atoms with Crippen LogP contribution >= 0.6 is 0 Å². The summed E-state index contributed by atoms with van der Waals surface area (Å²) in [5.41, 5.74) is 0. The molecule has 3 atom stereocenters. The van der Waals surface area contributed by atoms with Gasteiger partial charge in [0.15, 0.2) is 0 Å². The fraction of sp³-hybridized carbons (Fsp3) is 1.00. The van der Waals surface area contributed by atoms with Crippen molar-refractivity contribution < 1.29 is 5.11 Å². The number of aliphatic hydroxyl groups excluding tert-OH is 1. The van der Waals surface area contributed by atoms with Crippen LogP contribution in [0.1, 0.15) is 84.5 Å². The maximum atomic E-state index is 10.2. The molecule has 0 amide bonds. The zero-order valence-corrected chi connectivity index (χ0v) is 12.0. The van der Waals surface area contributed by atoms with E-state index in [1.807, 2.05) is 0 Å². The monoisotopic (exact) mass is 240 g/mol. The SMILES string of the molecule is CCCCCCCCCC(O)C1CCCC1C. The first-order valence-electron chi connectivity index (χ1n) is 7.93. The molecule has 0 bridgehead atoms. The Kier molecular flexibility index (Phi) is 7.92. The largest absolute Gasteiger partial charge is 0.393 e. The van der Waals surface area contributed by atoms with Gasteiger partial charge in [-0.15, -0.1) is 0 Å². The van der Waals surface area contributed by atoms with E-state index in [2.05, 4.69) is 13.8 Å². The fourth-order valence-electron chi connectivity index (χ4n) is 3.27. The molecule has 0 radical (unpaired) electrons. The summed E-state index contributed by atoms with van der Waals surface area (Å²) in [5, 5.41) is 10.2. The molecule has 0 heterocycles. The smallest absolute Gasteiger partial charge is 0.0570 e. The third kappa shape index (κ3) is 5.90. The van der Waals surface area contributed by atoms with Gasteiger partial charge in [0, 0.05) is 0 Å². The van der Waals surface area contributed by atoms with Gasteiger partial charge in [-0.1, -0.05) is 71.6 Å². The molecule has 0 saturated heterocycles. The van der Waals surface area contributed by atoms with Gasteiger partial charge in [-0.25, -0.2) is 0 Å². The number of hydrogen-bond acceptors (Lipinski definition) is 1. The van der Waals surface area contributed by atoms with Gasteiger partial charge in [-0.3, -0.25) is 0 Å². The van der Waals surface area contributed by atoms with E-state index in [9.17, 15) is 5.11 Å². The molecule has 102 valence electrons. The summed E-state index contributed by atoms with van der Waals surface area (Å²) in [6, 6.07) is 0. The van der Waals surface area contributed by atoms with Crippen LogP contribution in [0.2, 0.25) is 0 Å². The van der Waals surface area contributed by atoms with Crippen LogP contribution in [0.3, 0.4) is 0 Å². The molecule has 1 N–H and O–H groups in total. The fourth-order valence-corrected chi connectivity index (χ4v) is 3.27. The highest BCUT2D eigenvalue weighted by Crippen LogP contribution is 2.35. The first kappa shape index (κ1) is 15.0. The number of aliphatic hydroxyl groups is 1. The van der Waals surface area contributed by atoms with E-state index in [0.717, 1.165) is 12.3 Å². The topological polar surface area (TPSA) is 20.2 Å². The van der Waals surface area contributed by atoms with Gasteiger partial charge in [-0.05, 0) is 24.7 Å². The van der Waals surface area contributed by atoms with Gasteiger partial charge in [-0.2, -0.15) is 0 Å². The second-order valence-corrected chi connectivity index (χ2v) is 6.05. The molecular weight excluding hydrogens is 208 g/mol. The number of rotatable bonds is 9. The van der Waals surface area contributed by atoms with Crippen molar-refractivity contribution in [3.05, 3.63) is 0 Å². The molecule has 0 aromatic heterocycles. The van der Waals surface area contributed by atoms with Gasteiger partial charge in [0.25, 0.3) is 0 Å². The molecule has 1 fully saturated rings. The highest BCUT2D eigenvalue weighted by molar-refractivity contribution is 4.79. The summed E-state index contributed by atoms with van der Waals surface area (Å²) < 4.78 is 0. The lowest BCUT2D eigenvalue weighted by atomic mass is 9.89. The summed E-state index contributed by atoms with van der Waals surface area (Å²) in [5.74, 6) is 1.37. The third-order valence-electron chi connectivity index (χ3n) is 4.53. The number of unbranched alkanes of at least 4 members (excludes halogenated alkanes) is 6. The first-order valence-corrected chi connectivity index (χ1v) is 7.93. The minimum Gasteiger partial charge on any atom is -0.393 e. The predicted molar refractivity (Wildman–Crippen MR) is 75.1 cm³/mol. The molecule has 3 unspecified atom stereocenters. The van der Waals surface area contributed by atoms with Gasteiger partial charge in [0.1, 0.15) is 0 Å². The van der Waals surface area contributed by atoms with Crippen LogP contribution in [-0.2, 0) is 0 Å². The highest BCUT2D eigenvalue weighted by Gasteiger charge is 2.28. The Balaban J connectivity index is 1.95. The van der Waals surface area contributed by atoms with Crippen LogP contribution in [-0.4, -0.2) is 11.2 Å². The van der Waals surface area contributed by atoms with E-state index >= 15 is 0 Å². The van der Waals surface area contributed by atoms with E-state index in [4.69, 9.17) is 0 Å². The quantitative estimate of drug-likeness (QED) is 0.567. The lowest BCUT2D eigenvalue weighted by Crippen LogP contribution is -2.22. The molecule has 0 aliphatic heterocycles. The predicted octanol–water partition coefficient (Wildman–Crippen LogP) is 4.92. The van der Waals surface area contributed by atoms with E-state index in [-0.39, 0.29) is 6.10 Å². The maximum Gasteiger partial charge on any atom is 0.0570 e. The van der Waals surface area contributed by atoms with Crippen LogP contribution in [0.5, 0.6) is 0 Å². The van der Waals surface area contributed by atoms with Gasteiger partial charge in [0.2, 0.25) is 0 Å². The molecule has 1 saturated carbocycles. The van der Waals surface area contributed by atoms with Crippen LogP contribution < -0.4 is 0 Å². The van der Waals surface area contributed by atoms with Gasteiger partial charge in [0.05, 0.1) is 6.10 Å². The standard InChI is InChI=1S/C16H32O/c1-3-4-5-6-7-8-9-13-16(17)15-12-10-11-14(15)2/h14-17H,3-13H2,1-2H3. The Labute approximate surface area is 108 Å². The van der Waals surface area contributed by atoms with Crippen molar-refractivity contribution in [2.75, 3.05) is 0 Å². The van der Waals surface area contributed by atoms with Crippen molar-refractivity contribution in [2.45, 2.75) is 90.6 Å². The van der Waals surface area contributed by atoms with E-state index < -0.39 is 0 Å². The van der Waals surface area contributed by atoms with E-state index in [1.165, 1.54) is 64.2 Å². The second-order valence-electron chi connectivity index (χ2n) is 6.05. The molecule has 1 nitrogen and oxygen atoms in total. The van der Waals surface area contributed by atoms with Crippen molar-refractivity contribution in [3.8, 4) is 0 Å². The van der Waals surface area contributed by atoms with E-state index in [0.29, 0.717) is 5.92 Å². The van der Waals surface area contributed by atoms with Crippen LogP contribution in [0, 0.1) is 11.8 Å². The summed E-state index contributed by atoms with van der Waals surface area (Å²) in [7, 11) is 0. The number of hydrogen-bond donors (Lipinski definition) is 1. The first-order chi connectivity index (χ1) is 8.25. The average Bonchev–Trinajstić information content (AvgIpc) is 2.74. The Morgan fingerprint density at radius 3 is 2.24 bits per heavy atom. The lowest BCUT2D eigenvalue weighted by Gasteiger charge is -2.22. The zero-order chi connectivity index (χ0) is 12.5. The van der Waals surface area contributed by atoms with Crippen molar-refractivity contribution >= 4 is 0 Å². The molecule has 1 rings (SSSR count). The highest BCUT2D eigenvalue weighted by atomic mass is 16.3. The van der Waals surface area contributed by atoms with Crippen LogP contribution in [0.25, 0.3) is 0 Å². The molecule has 1 aliphatic rings. The van der Waals surface area contributed by atoms with Gasteiger partial charge < -0.3 is 5.11 Å². The summed E-state index contributed by atoms with van der Waals surface area (Å²) in [6.45, 7) is 4.57. The normalized spacial score (nSPS) is 26.3. The summed E-state index contributed by atoms with van der Waals surface area (Å²) in [4.78, 5) is 0. The zero-order valence-electron chi connectivity index (χ0n) is 12.0. The average molecular weight is 240 g/mol. The molecule has 0 aromatic carbocycles. The second kappa shape index (κ2) is 8.97. The molecule has 0 spiro atoms. The van der Waals surface area contributed by atoms with E-state index in [1.54, 1.807) is 0 Å². The van der Waals surface area contributed by atoms with Crippen LogP contribution in [0.15, 0.2) is 0 Å². The molecule has 17 heavy (non-hydrogen) atoms. The molecular formula is C16H32O. The Morgan fingerprint density at radius 2 is 1.65 bits per heavy atom. The Bertz CT molecular complexity index is 178. The minimum absolute atomic E-state index is 0.0110. The molecule has 1 aliphatic carbocycles. The summed E-state index contributed by atoms with van der Waals surface area (Å²) in [6.07, 6.45) is 14.4. The van der Waals surface area contributed by atoms with Gasteiger partial charge >= 0.3 is 0 Å². The molecule has 0 aromatic rings. The lowest BCUT2D eigenvalue weighted by molar-refractivity contribution is 0.0793. The Morgan fingerprint density at radius 1 is 1.00 bits per heavy atom. The summed E-state index contributed by atoms with van der Waals surface area (Å²) >= 11 is 0. The minimum atomic E-state index is -0.0110. The maximum absolute atomic E-state index is 10.2. The third-order valence-corrected chi connectivity index (χ3v) is 4.53. The van der Waals surface area contributed by atoms with Crippen molar-refractivity contribution in [1.82, 2.24) is 0 Å². The Hall–Kier alpha value is -0.0400. The van der Waals surface area contributed by atoms with Crippen molar-refractivity contribution in [2.24, 2.45) is 11.8 Å². The van der Waals surface area contributed by atoms with Crippen LogP contribution in [0.4, 0.5) is 0 Å².